The lowest BCUT2D eigenvalue weighted by Gasteiger charge is -1.70. The van der Waals surface area contributed by atoms with Crippen LogP contribution in [0, 0.1) is 6.20 Å². The first-order valence-electron chi connectivity index (χ1n) is 1.31. The molecule has 0 fully saturated rings. The molecule has 0 atom stereocenters. The van der Waals surface area contributed by atoms with Gasteiger partial charge < -0.3 is 0 Å². The molecule has 0 aromatic carbocycles. The molecule has 0 saturated carbocycles. The first-order valence-corrected chi connectivity index (χ1v) is 1.31. The molecule has 0 saturated heterocycles. The summed E-state index contributed by atoms with van der Waals surface area (Å²) in [6.07, 6.45) is 3.52. The van der Waals surface area contributed by atoms with Crippen molar-refractivity contribution < 1.29 is 14.0 Å². The Kier molecular flexibility index (Phi) is 0.731. The molecule has 1 aromatic rings. The topological polar surface area (TPSA) is 55.2 Å². The van der Waals surface area contributed by atoms with E-state index >= 15 is 0 Å². The van der Waals surface area contributed by atoms with Gasteiger partial charge in [0.1, 0.15) is 6.20 Å². The van der Waals surface area contributed by atoms with Crippen LogP contribution in [0.1, 0.15) is 0 Å². The highest BCUT2D eigenvalue weighted by Crippen LogP contribution is 1.72. The molecule has 0 amide bonds. The molecule has 4 heteroatoms. The van der Waals surface area contributed by atoms with Crippen molar-refractivity contribution in [1.29, 1.82) is 0 Å². The molecule has 0 unspecified atom stereocenters. The van der Waals surface area contributed by atoms with Gasteiger partial charge in [-0.1, -0.05) is 4.74 Å². The van der Waals surface area contributed by atoms with E-state index in [1.807, 2.05) is 0 Å². The van der Waals surface area contributed by atoms with Crippen LogP contribution in [-0.4, -0.2) is 5.16 Å². The highest BCUT2D eigenvalue weighted by Gasteiger charge is 1.60. The molecule has 1 radical (unpaired) electrons. The number of nitrogens with one attached hydrogen (secondary N) is 1. The lowest BCUT2D eigenvalue weighted by Crippen LogP contribution is -1.60. The van der Waals surface area contributed by atoms with E-state index in [0.717, 1.165) is 0 Å². The molecule has 0 aliphatic carbocycles. The largest absolute Gasteiger partial charge is 0.256 e. The van der Waals surface area contributed by atoms with Gasteiger partial charge in [0.15, 0.2) is 6.26 Å². The van der Waals surface area contributed by atoms with Crippen LogP contribution in [0.5, 0.6) is 0 Å². The number of H-pyrrole nitrogens is 1. The van der Waals surface area contributed by atoms with E-state index < -0.39 is 0 Å². The summed E-state index contributed by atoms with van der Waals surface area (Å²) in [5.41, 5.74) is 0. The Balaban J connectivity index is 3.00. The smallest absolute Gasteiger partial charge is 0.176 e. The molecule has 0 aliphatic rings. The third-order valence-electron chi connectivity index (χ3n) is 0.281. The van der Waals surface area contributed by atoms with Gasteiger partial charge in [0, 0.05) is 0 Å². The SMILES string of the molecule is [c]1cooo[nH]1. The van der Waals surface area contributed by atoms with E-state index in [-0.39, 0.29) is 0 Å². The maximum atomic E-state index is 4.05. The highest BCUT2D eigenvalue weighted by molar-refractivity contribution is 4.40. The number of hydrogen-bond acceptors (Lipinski definition) is 3. The highest BCUT2D eigenvalue weighted by atomic mass is 17.2. The molecule has 4 nitrogen and oxygen atoms in total. The summed E-state index contributed by atoms with van der Waals surface area (Å²) in [6.45, 7) is 0. The first-order chi connectivity index (χ1) is 3.00. The second-order valence-electron chi connectivity index (χ2n) is 0.612. The molecule has 1 aromatic heterocycles. The summed E-state index contributed by atoms with van der Waals surface area (Å²) < 4.78 is 11.8. The minimum Gasteiger partial charge on any atom is -0.256 e. The van der Waals surface area contributed by atoms with Gasteiger partial charge in [0.2, 0.25) is 0 Å². The molecule has 6 heavy (non-hydrogen) atoms. The van der Waals surface area contributed by atoms with Gasteiger partial charge in [-0.3, -0.25) is 4.58 Å². The Hall–Kier alpha value is -1.06. The minimum atomic E-state index is 1.18. The quantitative estimate of drug-likeness (QED) is 0.475. The summed E-state index contributed by atoms with van der Waals surface area (Å²) >= 11 is 0. The molecule has 0 bridgehead atoms. The predicted octanol–water partition coefficient (Wildman–Crippen LogP) is 0.718. The molecule has 0 aliphatic heterocycles. The standard InChI is InChI=1S/C2H2NO3/c1-2-4-6-5-3-1/h2-3H. The van der Waals surface area contributed by atoms with Gasteiger partial charge >= 0.3 is 0 Å². The monoisotopic (exact) mass is 88.0 g/mol. The van der Waals surface area contributed by atoms with Gasteiger partial charge in [-0.15, -0.1) is 0 Å². The summed E-state index contributed by atoms with van der Waals surface area (Å²) in [5, 5.41) is 2.13. The molecular formula is C2H2NO3. The van der Waals surface area contributed by atoms with Crippen LogP contribution in [0.4, 0.5) is 0 Å². The average molecular weight is 88.0 g/mol. The fraction of sp³-hybridized carbons (Fsp3) is 0. The lowest BCUT2D eigenvalue weighted by molar-refractivity contribution is -0.216. The minimum absolute atomic E-state index is 1.18. The molecular weight excluding hydrogens is 86.0 g/mol. The van der Waals surface area contributed by atoms with Gasteiger partial charge in [0.05, 0.1) is 0 Å². The van der Waals surface area contributed by atoms with Crippen molar-refractivity contribution in [2.75, 3.05) is 0 Å². The second kappa shape index (κ2) is 1.40. The fourth-order valence-corrected chi connectivity index (χ4v) is 0.128. The van der Waals surface area contributed by atoms with E-state index in [9.17, 15) is 0 Å². The maximum Gasteiger partial charge on any atom is 0.176 e. The Morgan fingerprint density at radius 2 is 2.67 bits per heavy atom. The molecule has 0 spiro atoms. The predicted molar refractivity (Wildman–Crippen MR) is 14.1 cm³/mol. The summed E-state index contributed by atoms with van der Waals surface area (Å²) in [6, 6.07) is 0. The van der Waals surface area contributed by atoms with Crippen molar-refractivity contribution in [2.24, 2.45) is 0 Å². The number of hydrogen-bond donors (Lipinski definition) is 1. The van der Waals surface area contributed by atoms with Crippen molar-refractivity contribution in [3.8, 4) is 0 Å². The molecule has 33 valence electrons. The van der Waals surface area contributed by atoms with E-state index in [0.29, 0.717) is 0 Å². The van der Waals surface area contributed by atoms with E-state index in [2.05, 4.69) is 25.3 Å². The first kappa shape index (κ1) is 3.14. The van der Waals surface area contributed by atoms with Gasteiger partial charge in [0.25, 0.3) is 0 Å². The Morgan fingerprint density at radius 1 is 1.67 bits per heavy atom. The Bertz CT molecular complexity index is 80.7. The lowest BCUT2D eigenvalue weighted by atomic mass is 11.0. The zero-order valence-electron chi connectivity index (χ0n) is 2.80. The summed E-state index contributed by atoms with van der Waals surface area (Å²) in [7, 11) is 0. The van der Waals surface area contributed by atoms with Crippen molar-refractivity contribution in [1.82, 2.24) is 5.16 Å². The second-order valence-corrected chi connectivity index (χ2v) is 0.612. The van der Waals surface area contributed by atoms with Crippen LogP contribution in [0.15, 0.2) is 20.3 Å². The number of rotatable bonds is 0. The average Bonchev–Trinajstić information content (AvgIpc) is 1.72. The van der Waals surface area contributed by atoms with Gasteiger partial charge in [-0.2, -0.15) is 9.84 Å². The molecule has 1 N–H and O–H groups in total. The van der Waals surface area contributed by atoms with Crippen molar-refractivity contribution in [3.05, 3.63) is 12.5 Å². The van der Waals surface area contributed by atoms with Crippen LogP contribution < -0.4 is 0 Å². The third-order valence-corrected chi connectivity index (χ3v) is 0.281. The van der Waals surface area contributed by atoms with Crippen LogP contribution in [-0.2, 0) is 0 Å². The van der Waals surface area contributed by atoms with Crippen LogP contribution in [0.25, 0.3) is 0 Å². The molecule has 1 heterocycles. The zero-order valence-corrected chi connectivity index (χ0v) is 2.80. The Labute approximate surface area is 32.9 Å². The third kappa shape index (κ3) is 0.453. The number of aromatic nitrogens is 1. The molecule has 1 rings (SSSR count). The van der Waals surface area contributed by atoms with Crippen molar-refractivity contribution in [2.45, 2.75) is 0 Å². The summed E-state index contributed by atoms with van der Waals surface area (Å²) in [5.74, 6) is 0. The van der Waals surface area contributed by atoms with Crippen LogP contribution in [0.2, 0.25) is 0 Å². The van der Waals surface area contributed by atoms with E-state index in [1.165, 1.54) is 6.26 Å². The fourth-order valence-electron chi connectivity index (χ4n) is 0.128. The van der Waals surface area contributed by atoms with Gasteiger partial charge in [-0.25, -0.2) is 0 Å². The van der Waals surface area contributed by atoms with Crippen LogP contribution in [0.3, 0.4) is 0 Å². The maximum absolute atomic E-state index is 4.05. The van der Waals surface area contributed by atoms with E-state index in [1.54, 1.807) is 0 Å². The van der Waals surface area contributed by atoms with Crippen molar-refractivity contribution in [3.63, 3.8) is 0 Å². The zero-order chi connectivity index (χ0) is 4.24. The normalized spacial score (nSPS) is 8.00. The van der Waals surface area contributed by atoms with Gasteiger partial charge in [-0.05, 0) is 0 Å². The van der Waals surface area contributed by atoms with Crippen LogP contribution >= 0.6 is 0 Å². The Morgan fingerprint density at radius 3 is 2.83 bits per heavy atom. The summed E-state index contributed by atoms with van der Waals surface area (Å²) in [4.78, 5) is 0. The number of aromatic amines is 1. The van der Waals surface area contributed by atoms with E-state index in [4.69, 9.17) is 0 Å². The van der Waals surface area contributed by atoms with Crippen molar-refractivity contribution >= 4 is 0 Å².